The van der Waals surface area contributed by atoms with Crippen LogP contribution in [0.15, 0.2) is 24.3 Å². The molecule has 1 saturated carbocycles. The van der Waals surface area contributed by atoms with Gasteiger partial charge in [-0.25, -0.2) is 0 Å². The molecule has 0 unspecified atom stereocenters. The molecule has 0 aliphatic heterocycles. The summed E-state index contributed by atoms with van der Waals surface area (Å²) in [6, 6.07) is 13.3. The molecule has 0 saturated heterocycles. The highest BCUT2D eigenvalue weighted by Crippen LogP contribution is 2.28. The minimum absolute atomic E-state index is 0.0150. The highest BCUT2D eigenvalue weighted by atomic mass is 16.2. The van der Waals surface area contributed by atoms with Crippen LogP contribution in [-0.2, 0) is 11.3 Å². The van der Waals surface area contributed by atoms with Crippen molar-refractivity contribution in [2.75, 3.05) is 19.6 Å². The fourth-order valence-electron chi connectivity index (χ4n) is 3.00. The van der Waals surface area contributed by atoms with Gasteiger partial charge in [-0.1, -0.05) is 38.1 Å². The molecule has 138 valence electrons. The van der Waals surface area contributed by atoms with Crippen LogP contribution < -0.4 is 0 Å². The third-order valence-corrected chi connectivity index (χ3v) is 4.77. The number of carbonyl (C=O) groups is 1. The maximum atomic E-state index is 12.7. The van der Waals surface area contributed by atoms with Crippen LogP contribution in [0.2, 0.25) is 0 Å². The lowest BCUT2D eigenvalue weighted by atomic mass is 10.0. The van der Waals surface area contributed by atoms with Crippen molar-refractivity contribution in [1.29, 1.82) is 10.5 Å². The van der Waals surface area contributed by atoms with Crippen LogP contribution in [0.3, 0.4) is 0 Å². The maximum Gasteiger partial charge on any atom is 0.236 e. The minimum atomic E-state index is 0.0150. The number of nitriles is 2. The zero-order valence-corrected chi connectivity index (χ0v) is 15.8. The van der Waals surface area contributed by atoms with Crippen molar-refractivity contribution < 1.29 is 4.79 Å². The molecule has 26 heavy (non-hydrogen) atoms. The van der Waals surface area contributed by atoms with E-state index in [4.69, 9.17) is 10.5 Å². The van der Waals surface area contributed by atoms with Gasteiger partial charge in [0.25, 0.3) is 0 Å². The quantitative estimate of drug-likeness (QED) is 0.647. The smallest absolute Gasteiger partial charge is 0.236 e. The number of amides is 1. The van der Waals surface area contributed by atoms with Crippen molar-refractivity contribution in [3.63, 3.8) is 0 Å². The Hall–Kier alpha value is -2.37. The lowest BCUT2D eigenvalue weighted by Gasteiger charge is -2.26. The van der Waals surface area contributed by atoms with Gasteiger partial charge in [-0.05, 0) is 29.9 Å². The Morgan fingerprint density at radius 3 is 2.15 bits per heavy atom. The third-order valence-electron chi connectivity index (χ3n) is 4.77. The number of rotatable bonds is 10. The summed E-state index contributed by atoms with van der Waals surface area (Å²) >= 11 is 0. The largest absolute Gasteiger partial charge is 0.340 e. The molecule has 0 heterocycles. The molecule has 5 heteroatoms. The van der Waals surface area contributed by atoms with Crippen molar-refractivity contribution >= 4 is 5.91 Å². The van der Waals surface area contributed by atoms with E-state index in [1.54, 1.807) is 4.90 Å². The zero-order chi connectivity index (χ0) is 18.9. The molecule has 1 amide bonds. The minimum Gasteiger partial charge on any atom is -0.340 e. The van der Waals surface area contributed by atoms with Crippen LogP contribution in [0, 0.1) is 22.7 Å². The summed E-state index contributed by atoms with van der Waals surface area (Å²) in [5.74, 6) is 0.528. The first-order valence-corrected chi connectivity index (χ1v) is 9.39. The van der Waals surface area contributed by atoms with E-state index in [2.05, 4.69) is 55.2 Å². The van der Waals surface area contributed by atoms with Crippen LogP contribution in [0.5, 0.6) is 0 Å². The van der Waals surface area contributed by atoms with Gasteiger partial charge in [0, 0.05) is 25.7 Å². The molecule has 5 nitrogen and oxygen atoms in total. The number of nitrogens with zero attached hydrogens (tertiary/aromatic N) is 4. The van der Waals surface area contributed by atoms with E-state index in [9.17, 15) is 4.79 Å². The predicted octanol–water partition coefficient (Wildman–Crippen LogP) is 3.43. The third kappa shape index (κ3) is 6.17. The SMILES string of the molecule is CC(C)c1ccc(CN(CC(=O)N(CCC#N)CCC#N)C2CC2)cc1. The second-order valence-electron chi connectivity index (χ2n) is 7.23. The van der Waals surface area contributed by atoms with Gasteiger partial charge < -0.3 is 4.90 Å². The maximum absolute atomic E-state index is 12.7. The Bertz CT molecular complexity index is 647. The molecule has 1 aromatic rings. The van der Waals surface area contributed by atoms with Crippen LogP contribution in [0.4, 0.5) is 0 Å². The number of carbonyl (C=O) groups excluding carboxylic acids is 1. The lowest BCUT2D eigenvalue weighted by molar-refractivity contribution is -0.132. The standard InChI is InChI=1S/C21H28N4O/c1-17(2)19-7-5-18(6-8-19)15-25(20-9-10-20)16-21(26)24(13-3-11-22)14-4-12-23/h5-8,17,20H,3-4,9-10,13-16H2,1-2H3. The first-order chi connectivity index (χ1) is 12.5. The number of hydrogen-bond donors (Lipinski definition) is 0. The fraction of sp³-hybridized carbons (Fsp3) is 0.571. The molecule has 0 N–H and O–H groups in total. The molecule has 0 spiro atoms. The molecule has 1 aromatic carbocycles. The second kappa shape index (κ2) is 9.94. The van der Waals surface area contributed by atoms with Crippen LogP contribution in [-0.4, -0.2) is 41.4 Å². The van der Waals surface area contributed by atoms with E-state index in [1.165, 1.54) is 11.1 Å². The molecular formula is C21H28N4O. The van der Waals surface area contributed by atoms with Gasteiger partial charge >= 0.3 is 0 Å². The van der Waals surface area contributed by atoms with Crippen molar-refractivity contribution in [3.05, 3.63) is 35.4 Å². The Morgan fingerprint density at radius 2 is 1.69 bits per heavy atom. The molecule has 2 rings (SSSR count). The summed E-state index contributed by atoms with van der Waals surface area (Å²) in [5.41, 5.74) is 2.54. The molecule has 1 aliphatic rings. The zero-order valence-electron chi connectivity index (χ0n) is 15.8. The molecule has 0 atom stereocenters. The Morgan fingerprint density at radius 1 is 1.12 bits per heavy atom. The number of hydrogen-bond acceptors (Lipinski definition) is 4. The molecule has 0 bridgehead atoms. The van der Waals surface area contributed by atoms with Gasteiger partial charge in [0.1, 0.15) is 0 Å². The van der Waals surface area contributed by atoms with Gasteiger partial charge in [-0.2, -0.15) is 10.5 Å². The van der Waals surface area contributed by atoms with E-state index in [-0.39, 0.29) is 5.91 Å². The summed E-state index contributed by atoms with van der Waals surface area (Å²) in [5, 5.41) is 17.6. The number of benzene rings is 1. The van der Waals surface area contributed by atoms with Crippen molar-refractivity contribution in [2.45, 2.75) is 58.0 Å². The lowest BCUT2D eigenvalue weighted by Crippen LogP contribution is -2.41. The van der Waals surface area contributed by atoms with E-state index in [0.29, 0.717) is 44.4 Å². The molecule has 1 fully saturated rings. The molecular weight excluding hydrogens is 324 g/mol. The Labute approximate surface area is 156 Å². The van der Waals surface area contributed by atoms with Gasteiger partial charge in [0.05, 0.1) is 31.5 Å². The molecule has 0 radical (unpaired) electrons. The van der Waals surface area contributed by atoms with Gasteiger partial charge in [0.15, 0.2) is 0 Å². The van der Waals surface area contributed by atoms with E-state index in [1.807, 2.05) is 0 Å². The van der Waals surface area contributed by atoms with E-state index >= 15 is 0 Å². The highest BCUT2D eigenvalue weighted by molar-refractivity contribution is 5.78. The van der Waals surface area contributed by atoms with E-state index in [0.717, 1.165) is 19.4 Å². The predicted molar refractivity (Wildman–Crippen MR) is 101 cm³/mol. The van der Waals surface area contributed by atoms with Crippen LogP contribution in [0.1, 0.15) is 56.6 Å². The average molecular weight is 352 g/mol. The summed E-state index contributed by atoms with van der Waals surface area (Å²) < 4.78 is 0. The normalized spacial score (nSPS) is 13.5. The monoisotopic (exact) mass is 352 g/mol. The Kier molecular flexibility index (Phi) is 7.63. The van der Waals surface area contributed by atoms with Crippen molar-refractivity contribution in [3.8, 4) is 12.1 Å². The Balaban J connectivity index is 1.99. The topological polar surface area (TPSA) is 71.1 Å². The van der Waals surface area contributed by atoms with Crippen molar-refractivity contribution in [1.82, 2.24) is 9.80 Å². The molecule has 1 aliphatic carbocycles. The summed E-state index contributed by atoms with van der Waals surface area (Å²) in [6.07, 6.45) is 2.87. The molecule has 0 aromatic heterocycles. The first kappa shape index (κ1) is 19.9. The van der Waals surface area contributed by atoms with E-state index < -0.39 is 0 Å². The van der Waals surface area contributed by atoms with Gasteiger partial charge in [0.2, 0.25) is 5.91 Å². The fourth-order valence-corrected chi connectivity index (χ4v) is 3.00. The summed E-state index contributed by atoms with van der Waals surface area (Å²) in [6.45, 7) is 6.28. The highest BCUT2D eigenvalue weighted by Gasteiger charge is 2.31. The van der Waals surface area contributed by atoms with Gasteiger partial charge in [-0.15, -0.1) is 0 Å². The first-order valence-electron chi connectivity index (χ1n) is 9.39. The van der Waals surface area contributed by atoms with Crippen molar-refractivity contribution in [2.24, 2.45) is 0 Å². The van der Waals surface area contributed by atoms with Crippen LogP contribution >= 0.6 is 0 Å². The van der Waals surface area contributed by atoms with Gasteiger partial charge in [-0.3, -0.25) is 9.69 Å². The average Bonchev–Trinajstić information content (AvgIpc) is 3.46. The summed E-state index contributed by atoms with van der Waals surface area (Å²) in [4.78, 5) is 16.6. The second-order valence-corrected chi connectivity index (χ2v) is 7.23. The summed E-state index contributed by atoms with van der Waals surface area (Å²) in [7, 11) is 0. The van der Waals surface area contributed by atoms with Crippen LogP contribution in [0.25, 0.3) is 0 Å².